The van der Waals surface area contributed by atoms with Crippen LogP contribution in [0.5, 0.6) is 0 Å². The number of carbonyl (C=O) groups excluding carboxylic acids is 1. The zero-order valence-electron chi connectivity index (χ0n) is 18.5. The zero-order chi connectivity index (χ0) is 21.6. The van der Waals surface area contributed by atoms with Crippen molar-refractivity contribution in [1.82, 2.24) is 14.7 Å². The van der Waals surface area contributed by atoms with Crippen LogP contribution in [0, 0.1) is 11.7 Å². The van der Waals surface area contributed by atoms with Gasteiger partial charge in [-0.15, -0.1) is 0 Å². The van der Waals surface area contributed by atoms with Crippen molar-refractivity contribution < 1.29 is 9.18 Å². The lowest BCUT2D eigenvalue weighted by atomic mass is 9.98. The summed E-state index contributed by atoms with van der Waals surface area (Å²) in [6, 6.07) is 17.0. The van der Waals surface area contributed by atoms with Crippen molar-refractivity contribution in [3.8, 4) is 0 Å². The molecule has 2 atom stereocenters. The third kappa shape index (κ3) is 5.79. The SMILES string of the molecule is C[C@H](CN1CCN(C[C@H](c2ccc(F)cc2)N2CCCC2)CC1)C(=O)c1ccccc1. The van der Waals surface area contributed by atoms with E-state index in [1.54, 1.807) is 12.1 Å². The molecule has 0 aliphatic carbocycles. The monoisotopic (exact) mass is 423 g/mol. The molecule has 2 aliphatic rings. The molecule has 0 N–H and O–H groups in total. The van der Waals surface area contributed by atoms with E-state index in [4.69, 9.17) is 0 Å². The molecule has 0 spiro atoms. The topological polar surface area (TPSA) is 26.8 Å². The lowest BCUT2D eigenvalue weighted by molar-refractivity contribution is 0.0769. The van der Waals surface area contributed by atoms with E-state index in [9.17, 15) is 9.18 Å². The molecule has 166 valence electrons. The van der Waals surface area contributed by atoms with Gasteiger partial charge in [0.2, 0.25) is 0 Å². The Morgan fingerprint density at radius 3 is 2.03 bits per heavy atom. The summed E-state index contributed by atoms with van der Waals surface area (Å²) in [6.07, 6.45) is 2.50. The highest BCUT2D eigenvalue weighted by molar-refractivity contribution is 5.97. The van der Waals surface area contributed by atoms with Crippen LogP contribution in [0.25, 0.3) is 0 Å². The summed E-state index contributed by atoms with van der Waals surface area (Å²) in [5.41, 5.74) is 2.02. The zero-order valence-corrected chi connectivity index (χ0v) is 18.5. The van der Waals surface area contributed by atoms with E-state index in [2.05, 4.69) is 14.7 Å². The third-order valence-electron chi connectivity index (χ3n) is 6.77. The maximum atomic E-state index is 13.4. The summed E-state index contributed by atoms with van der Waals surface area (Å²) in [4.78, 5) is 20.2. The highest BCUT2D eigenvalue weighted by atomic mass is 19.1. The van der Waals surface area contributed by atoms with E-state index < -0.39 is 0 Å². The number of benzene rings is 2. The first-order valence-electron chi connectivity index (χ1n) is 11.6. The standard InChI is InChI=1S/C26H34FN3O/c1-21(26(31)23-7-3-2-4-8-23)19-28-15-17-29(18-16-28)20-25(30-13-5-6-14-30)22-9-11-24(27)12-10-22/h2-4,7-12,21,25H,5-6,13-20H2,1H3/t21-,25-/m1/s1. The van der Waals surface area contributed by atoms with Crippen LogP contribution in [0.4, 0.5) is 4.39 Å². The van der Waals surface area contributed by atoms with Crippen LogP contribution in [-0.4, -0.2) is 72.8 Å². The molecule has 0 aromatic heterocycles. The van der Waals surface area contributed by atoms with Crippen molar-refractivity contribution in [2.75, 3.05) is 52.4 Å². The molecule has 2 aliphatic heterocycles. The molecule has 0 amide bonds. The average molecular weight is 424 g/mol. The van der Waals surface area contributed by atoms with Gasteiger partial charge in [-0.25, -0.2) is 4.39 Å². The summed E-state index contributed by atoms with van der Waals surface area (Å²) < 4.78 is 13.4. The van der Waals surface area contributed by atoms with Crippen molar-refractivity contribution in [3.63, 3.8) is 0 Å². The number of hydrogen-bond donors (Lipinski definition) is 0. The second kappa shape index (κ2) is 10.5. The van der Waals surface area contributed by atoms with Crippen molar-refractivity contribution in [3.05, 3.63) is 71.5 Å². The quantitative estimate of drug-likeness (QED) is 0.598. The van der Waals surface area contributed by atoms with E-state index >= 15 is 0 Å². The number of hydrogen-bond acceptors (Lipinski definition) is 4. The fourth-order valence-electron chi connectivity index (χ4n) is 4.93. The molecule has 2 aromatic rings. The number of rotatable bonds is 8. The Morgan fingerprint density at radius 1 is 0.839 bits per heavy atom. The first kappa shape index (κ1) is 22.1. The van der Waals surface area contributed by atoms with E-state index in [1.165, 1.54) is 18.4 Å². The summed E-state index contributed by atoms with van der Waals surface area (Å²) in [7, 11) is 0. The van der Waals surface area contributed by atoms with Gasteiger partial charge in [0.15, 0.2) is 5.78 Å². The summed E-state index contributed by atoms with van der Waals surface area (Å²) >= 11 is 0. The first-order chi connectivity index (χ1) is 15.1. The minimum Gasteiger partial charge on any atom is -0.300 e. The van der Waals surface area contributed by atoms with Crippen molar-refractivity contribution in [2.45, 2.75) is 25.8 Å². The minimum atomic E-state index is -0.170. The number of likely N-dealkylation sites (tertiary alicyclic amines) is 1. The smallest absolute Gasteiger partial charge is 0.166 e. The van der Waals surface area contributed by atoms with Gasteiger partial charge in [-0.05, 0) is 43.6 Å². The Hall–Kier alpha value is -2.08. The van der Waals surface area contributed by atoms with Gasteiger partial charge in [0.05, 0.1) is 0 Å². The van der Waals surface area contributed by atoms with Gasteiger partial charge in [-0.1, -0.05) is 49.4 Å². The van der Waals surface area contributed by atoms with Crippen LogP contribution in [0.15, 0.2) is 54.6 Å². The molecule has 2 aromatic carbocycles. The summed E-state index contributed by atoms with van der Waals surface area (Å²) in [5, 5.41) is 0. The molecule has 0 saturated carbocycles. The highest BCUT2D eigenvalue weighted by Crippen LogP contribution is 2.27. The van der Waals surface area contributed by atoms with Gasteiger partial charge in [0.25, 0.3) is 0 Å². The van der Waals surface area contributed by atoms with E-state index in [-0.39, 0.29) is 17.5 Å². The number of carbonyl (C=O) groups is 1. The van der Waals surface area contributed by atoms with Crippen molar-refractivity contribution >= 4 is 5.78 Å². The van der Waals surface area contributed by atoms with Gasteiger partial charge in [0, 0.05) is 56.8 Å². The van der Waals surface area contributed by atoms with E-state index in [1.807, 2.05) is 49.4 Å². The second-order valence-electron chi connectivity index (χ2n) is 9.04. The average Bonchev–Trinajstić information content (AvgIpc) is 3.34. The maximum Gasteiger partial charge on any atom is 0.166 e. The minimum absolute atomic E-state index is 0.00511. The number of piperazine rings is 1. The Balaban J connectivity index is 1.31. The molecule has 0 radical (unpaired) electrons. The lowest BCUT2D eigenvalue weighted by Gasteiger charge is -2.39. The van der Waals surface area contributed by atoms with Gasteiger partial charge in [-0.2, -0.15) is 0 Å². The third-order valence-corrected chi connectivity index (χ3v) is 6.77. The molecule has 0 unspecified atom stereocenters. The number of Topliss-reactive ketones (excluding diaryl/α,β-unsaturated/α-hetero) is 1. The van der Waals surface area contributed by atoms with Gasteiger partial charge >= 0.3 is 0 Å². The van der Waals surface area contributed by atoms with Gasteiger partial charge < -0.3 is 4.90 Å². The Morgan fingerprint density at radius 2 is 1.42 bits per heavy atom. The van der Waals surface area contributed by atoms with Crippen molar-refractivity contribution in [2.24, 2.45) is 5.92 Å². The summed E-state index contributed by atoms with van der Waals surface area (Å²) in [6.45, 7) is 10.1. The summed E-state index contributed by atoms with van der Waals surface area (Å²) in [5.74, 6) is 0.0654. The number of ketones is 1. The Bertz CT molecular complexity index is 827. The highest BCUT2D eigenvalue weighted by Gasteiger charge is 2.28. The molecule has 2 heterocycles. The predicted octanol–water partition coefficient (Wildman–Crippen LogP) is 4.10. The van der Waals surface area contributed by atoms with Crippen LogP contribution in [-0.2, 0) is 0 Å². The normalized spacial score (nSPS) is 20.6. The van der Waals surface area contributed by atoms with Crippen LogP contribution < -0.4 is 0 Å². The molecule has 4 rings (SSSR count). The molecular formula is C26H34FN3O. The molecule has 4 nitrogen and oxygen atoms in total. The maximum absolute atomic E-state index is 13.4. The molecule has 5 heteroatoms. The lowest BCUT2D eigenvalue weighted by Crippen LogP contribution is -2.50. The first-order valence-corrected chi connectivity index (χ1v) is 11.6. The van der Waals surface area contributed by atoms with Gasteiger partial charge in [0.1, 0.15) is 5.82 Å². The second-order valence-corrected chi connectivity index (χ2v) is 9.04. The van der Waals surface area contributed by atoms with Crippen molar-refractivity contribution in [1.29, 1.82) is 0 Å². The van der Waals surface area contributed by atoms with Gasteiger partial charge in [-0.3, -0.25) is 14.6 Å². The fraction of sp³-hybridized carbons (Fsp3) is 0.500. The Labute approximate surface area is 185 Å². The number of halogens is 1. The molecule has 0 bridgehead atoms. The van der Waals surface area contributed by atoms with Crippen LogP contribution >= 0.6 is 0 Å². The van der Waals surface area contributed by atoms with Crippen LogP contribution in [0.1, 0.15) is 41.7 Å². The van der Waals surface area contributed by atoms with E-state index in [0.717, 1.165) is 57.9 Å². The van der Waals surface area contributed by atoms with Crippen LogP contribution in [0.2, 0.25) is 0 Å². The Kier molecular flexibility index (Phi) is 7.49. The molecule has 31 heavy (non-hydrogen) atoms. The van der Waals surface area contributed by atoms with Crippen LogP contribution in [0.3, 0.4) is 0 Å². The largest absolute Gasteiger partial charge is 0.300 e. The fourth-order valence-corrected chi connectivity index (χ4v) is 4.93. The van der Waals surface area contributed by atoms with E-state index in [0.29, 0.717) is 6.04 Å². The molecule has 2 saturated heterocycles. The molecule has 2 fully saturated rings. The number of nitrogens with zero attached hydrogens (tertiary/aromatic N) is 3. The predicted molar refractivity (Wildman–Crippen MR) is 123 cm³/mol. The molecular weight excluding hydrogens is 389 g/mol.